The molecule has 0 saturated heterocycles. The van der Waals surface area contributed by atoms with Crippen LogP contribution < -0.4 is 0 Å². The van der Waals surface area contributed by atoms with Crippen molar-refractivity contribution in [3.05, 3.63) is 59.3 Å². The van der Waals surface area contributed by atoms with Gasteiger partial charge in [-0.2, -0.15) is 0 Å². The summed E-state index contributed by atoms with van der Waals surface area (Å²) < 4.78 is 0. The molecule has 0 spiro atoms. The molecule has 0 aromatic heterocycles. The van der Waals surface area contributed by atoms with Gasteiger partial charge in [0.2, 0.25) is 0 Å². The third-order valence-corrected chi connectivity index (χ3v) is 3.89. The Balaban J connectivity index is 0.000000138. The van der Waals surface area contributed by atoms with Gasteiger partial charge in [-0.15, -0.1) is 0 Å². The van der Waals surface area contributed by atoms with Crippen molar-refractivity contribution in [2.45, 2.75) is 40.0 Å². The highest BCUT2D eigenvalue weighted by molar-refractivity contribution is 5.29. The predicted molar refractivity (Wildman–Crippen MR) is 80.4 cm³/mol. The lowest BCUT2D eigenvalue weighted by molar-refractivity contribution is 0.591. The molecule has 2 unspecified atom stereocenters. The van der Waals surface area contributed by atoms with Crippen molar-refractivity contribution in [1.29, 1.82) is 0 Å². The largest absolute Gasteiger partial charge is 0.0873 e. The highest BCUT2D eigenvalue weighted by Gasteiger charge is 2.19. The first-order chi connectivity index (χ1) is 8.65. The summed E-state index contributed by atoms with van der Waals surface area (Å²) in [6.07, 6.45) is 19.7. The second kappa shape index (κ2) is 6.04. The minimum absolute atomic E-state index is 0.712. The molecule has 0 N–H and O–H groups in total. The van der Waals surface area contributed by atoms with E-state index in [1.165, 1.54) is 36.0 Å². The molecular formula is C18H24. The van der Waals surface area contributed by atoms with Crippen LogP contribution >= 0.6 is 0 Å². The van der Waals surface area contributed by atoms with E-state index in [-0.39, 0.29) is 0 Å². The zero-order valence-electron chi connectivity index (χ0n) is 11.8. The molecule has 0 aromatic carbocycles. The number of fused-ring (bicyclic) bond motifs is 1. The van der Waals surface area contributed by atoms with Crippen LogP contribution in [0.25, 0.3) is 0 Å². The summed E-state index contributed by atoms with van der Waals surface area (Å²) in [5, 5.41) is 0. The highest BCUT2D eigenvalue weighted by atomic mass is 14.2. The lowest BCUT2D eigenvalue weighted by Gasteiger charge is -2.16. The van der Waals surface area contributed by atoms with Crippen molar-refractivity contribution in [1.82, 2.24) is 0 Å². The average Bonchev–Trinajstić information content (AvgIpc) is 2.81. The van der Waals surface area contributed by atoms with Gasteiger partial charge in [-0.3, -0.25) is 0 Å². The Hall–Kier alpha value is -1.30. The molecule has 3 aliphatic rings. The molecule has 0 fully saturated rings. The second-order valence-corrected chi connectivity index (χ2v) is 5.70. The van der Waals surface area contributed by atoms with Gasteiger partial charge in [-0.1, -0.05) is 59.3 Å². The van der Waals surface area contributed by atoms with Crippen molar-refractivity contribution in [2.75, 3.05) is 0 Å². The molecule has 0 aromatic rings. The summed E-state index contributed by atoms with van der Waals surface area (Å²) in [7, 11) is 0. The van der Waals surface area contributed by atoms with Gasteiger partial charge in [0, 0.05) is 5.92 Å². The van der Waals surface area contributed by atoms with E-state index < -0.39 is 0 Å². The minimum atomic E-state index is 0.712. The van der Waals surface area contributed by atoms with E-state index in [0.29, 0.717) is 5.92 Å². The number of hydrogen-bond acceptors (Lipinski definition) is 0. The Kier molecular flexibility index (Phi) is 4.41. The van der Waals surface area contributed by atoms with Crippen LogP contribution in [0.15, 0.2) is 59.3 Å². The molecule has 2 atom stereocenters. The van der Waals surface area contributed by atoms with Crippen molar-refractivity contribution < 1.29 is 0 Å². The van der Waals surface area contributed by atoms with Crippen LogP contribution in [0.1, 0.15) is 40.0 Å². The summed E-state index contributed by atoms with van der Waals surface area (Å²) in [4.78, 5) is 0. The lowest BCUT2D eigenvalue weighted by atomic mass is 9.89. The summed E-state index contributed by atoms with van der Waals surface area (Å²) in [6, 6.07) is 0. The number of hydrogen-bond donors (Lipinski definition) is 0. The fraction of sp³-hybridized carbons (Fsp3) is 0.444. The van der Waals surface area contributed by atoms with Crippen molar-refractivity contribution >= 4 is 0 Å². The zero-order valence-corrected chi connectivity index (χ0v) is 11.8. The Morgan fingerprint density at radius 3 is 2.22 bits per heavy atom. The van der Waals surface area contributed by atoms with Crippen LogP contribution in [0.2, 0.25) is 0 Å². The quantitative estimate of drug-likeness (QED) is 0.499. The minimum Gasteiger partial charge on any atom is -0.0873 e. The molecule has 96 valence electrons. The van der Waals surface area contributed by atoms with Gasteiger partial charge >= 0.3 is 0 Å². The molecule has 0 saturated carbocycles. The lowest BCUT2D eigenvalue weighted by Crippen LogP contribution is -2.05. The van der Waals surface area contributed by atoms with E-state index in [1.807, 2.05) is 0 Å². The zero-order chi connectivity index (χ0) is 13.0. The molecule has 0 heterocycles. The van der Waals surface area contributed by atoms with Crippen LogP contribution in [0.5, 0.6) is 0 Å². The Labute approximate surface area is 111 Å². The van der Waals surface area contributed by atoms with Crippen LogP contribution in [0.4, 0.5) is 0 Å². The summed E-state index contributed by atoms with van der Waals surface area (Å²) in [5.74, 6) is 1.49. The Bertz CT molecular complexity index is 423. The fourth-order valence-corrected chi connectivity index (χ4v) is 2.58. The topological polar surface area (TPSA) is 0 Å². The number of rotatable bonds is 0. The van der Waals surface area contributed by atoms with Gasteiger partial charge in [-0.25, -0.2) is 0 Å². The molecule has 0 radical (unpaired) electrons. The van der Waals surface area contributed by atoms with Gasteiger partial charge in [0.05, 0.1) is 0 Å². The molecule has 0 bridgehead atoms. The van der Waals surface area contributed by atoms with Gasteiger partial charge in [0.25, 0.3) is 0 Å². The standard InChI is InChI=1S/C10H12.C8H12/c1-8-5-6-9-3-2-4-10(9)7-8;1-7-3-5-8(2)6-4-7/h2-3,5-7,9-10H,4H2,1H3;3,5H,4,6H2,1-2H3. The van der Waals surface area contributed by atoms with Crippen molar-refractivity contribution in [3.63, 3.8) is 0 Å². The SMILES string of the molecule is CC1=CC2CC=CC2C=C1.CC1=CC=C(C)CC1. The van der Waals surface area contributed by atoms with E-state index >= 15 is 0 Å². The van der Waals surface area contributed by atoms with Crippen molar-refractivity contribution in [3.8, 4) is 0 Å². The van der Waals surface area contributed by atoms with Gasteiger partial charge < -0.3 is 0 Å². The van der Waals surface area contributed by atoms with E-state index in [0.717, 1.165) is 5.92 Å². The maximum atomic E-state index is 2.38. The summed E-state index contributed by atoms with van der Waals surface area (Å²) in [6.45, 7) is 6.54. The summed E-state index contributed by atoms with van der Waals surface area (Å²) in [5.41, 5.74) is 4.44. The van der Waals surface area contributed by atoms with E-state index in [9.17, 15) is 0 Å². The first-order valence-corrected chi connectivity index (χ1v) is 7.01. The van der Waals surface area contributed by atoms with Crippen LogP contribution in [0.3, 0.4) is 0 Å². The Morgan fingerprint density at radius 1 is 0.944 bits per heavy atom. The highest BCUT2D eigenvalue weighted by Crippen LogP contribution is 2.31. The van der Waals surface area contributed by atoms with Gasteiger partial charge in [-0.05, 0) is 46.0 Å². The molecule has 3 rings (SSSR count). The molecule has 0 nitrogen and oxygen atoms in total. The van der Waals surface area contributed by atoms with Crippen LogP contribution in [-0.2, 0) is 0 Å². The smallest absolute Gasteiger partial charge is 0.00158 e. The number of allylic oxidation sites excluding steroid dienone is 10. The van der Waals surface area contributed by atoms with Crippen molar-refractivity contribution in [2.24, 2.45) is 11.8 Å². The molecule has 0 heteroatoms. The third kappa shape index (κ3) is 3.60. The van der Waals surface area contributed by atoms with Crippen LogP contribution in [0, 0.1) is 11.8 Å². The molecule has 0 aliphatic heterocycles. The average molecular weight is 240 g/mol. The maximum absolute atomic E-state index is 2.38. The van der Waals surface area contributed by atoms with E-state index in [1.54, 1.807) is 0 Å². The third-order valence-electron chi connectivity index (χ3n) is 3.89. The predicted octanol–water partition coefficient (Wildman–Crippen LogP) is 5.37. The monoisotopic (exact) mass is 240 g/mol. The molecule has 18 heavy (non-hydrogen) atoms. The van der Waals surface area contributed by atoms with E-state index in [2.05, 4.69) is 63.3 Å². The first-order valence-electron chi connectivity index (χ1n) is 7.01. The fourth-order valence-electron chi connectivity index (χ4n) is 2.58. The molecule has 0 amide bonds. The first kappa shape index (κ1) is 13.1. The maximum Gasteiger partial charge on any atom is 0.00158 e. The van der Waals surface area contributed by atoms with Gasteiger partial charge in [0.1, 0.15) is 0 Å². The second-order valence-electron chi connectivity index (χ2n) is 5.70. The molecule has 3 aliphatic carbocycles. The Morgan fingerprint density at radius 2 is 1.61 bits per heavy atom. The van der Waals surface area contributed by atoms with Gasteiger partial charge in [0.15, 0.2) is 0 Å². The molecular weight excluding hydrogens is 216 g/mol. The van der Waals surface area contributed by atoms with Crippen LogP contribution in [-0.4, -0.2) is 0 Å². The van der Waals surface area contributed by atoms with E-state index in [4.69, 9.17) is 0 Å². The normalized spacial score (nSPS) is 28.7. The summed E-state index contributed by atoms with van der Waals surface area (Å²) >= 11 is 0.